The molecule has 1 saturated heterocycles. The van der Waals surface area contributed by atoms with Crippen LogP contribution in [0.1, 0.15) is 25.7 Å². The van der Waals surface area contributed by atoms with Crippen molar-refractivity contribution in [3.63, 3.8) is 0 Å². The molecule has 2 spiro atoms. The molecule has 0 N–H and O–H groups in total. The van der Waals surface area contributed by atoms with Crippen molar-refractivity contribution in [3.8, 4) is 0 Å². The van der Waals surface area contributed by atoms with Gasteiger partial charge in [-0.3, -0.25) is 0 Å². The van der Waals surface area contributed by atoms with Crippen molar-refractivity contribution in [2.75, 3.05) is 0 Å². The molecule has 2 saturated carbocycles. The zero-order valence-electron chi connectivity index (χ0n) is 6.55. The Morgan fingerprint density at radius 3 is 3.36 bits per heavy atom. The molecular weight excluding hydrogens is 136 g/mol. The van der Waals surface area contributed by atoms with Crippen LogP contribution in [0.2, 0.25) is 0 Å². The highest BCUT2D eigenvalue weighted by Gasteiger charge is 2.81. The standard InChI is InChI=1S/C10H12O/c1-2-8-7-3-5-9(6-7)10(8,4-1)11-9/h1-2,7-8H,3-6H2. The molecule has 1 heterocycles. The summed E-state index contributed by atoms with van der Waals surface area (Å²) in [5.74, 6) is 1.80. The van der Waals surface area contributed by atoms with E-state index in [1.165, 1.54) is 25.7 Å². The molecule has 0 aromatic rings. The summed E-state index contributed by atoms with van der Waals surface area (Å²) >= 11 is 0. The van der Waals surface area contributed by atoms with Crippen LogP contribution in [0.5, 0.6) is 0 Å². The third-order valence-corrected chi connectivity index (χ3v) is 4.43. The summed E-state index contributed by atoms with van der Waals surface area (Å²) in [6.45, 7) is 0. The van der Waals surface area contributed by atoms with Gasteiger partial charge in [0.05, 0.1) is 5.60 Å². The minimum Gasteiger partial charge on any atom is -0.362 e. The van der Waals surface area contributed by atoms with Gasteiger partial charge in [-0.2, -0.15) is 0 Å². The lowest BCUT2D eigenvalue weighted by Crippen LogP contribution is -2.26. The van der Waals surface area contributed by atoms with Crippen molar-refractivity contribution in [2.24, 2.45) is 11.8 Å². The van der Waals surface area contributed by atoms with Gasteiger partial charge in [-0.1, -0.05) is 12.2 Å². The predicted octanol–water partition coefficient (Wildman–Crippen LogP) is 1.88. The Morgan fingerprint density at radius 2 is 2.45 bits per heavy atom. The zero-order valence-corrected chi connectivity index (χ0v) is 6.55. The predicted molar refractivity (Wildman–Crippen MR) is 41.1 cm³/mol. The second-order valence-corrected chi connectivity index (χ2v) is 4.65. The second-order valence-electron chi connectivity index (χ2n) is 4.65. The van der Waals surface area contributed by atoms with E-state index in [0.29, 0.717) is 11.2 Å². The molecule has 4 atom stereocenters. The Hall–Kier alpha value is -0.300. The van der Waals surface area contributed by atoms with Crippen molar-refractivity contribution in [1.29, 1.82) is 0 Å². The maximum atomic E-state index is 5.98. The number of hydrogen-bond acceptors (Lipinski definition) is 1. The number of fused-ring (bicyclic) bond motifs is 2. The fourth-order valence-electron chi connectivity index (χ4n) is 3.97. The Kier molecular flexibility index (Phi) is 0.587. The number of rotatable bonds is 0. The summed E-state index contributed by atoms with van der Waals surface area (Å²) in [6.07, 6.45) is 10.1. The zero-order chi connectivity index (χ0) is 7.10. The van der Waals surface area contributed by atoms with Gasteiger partial charge >= 0.3 is 0 Å². The topological polar surface area (TPSA) is 12.5 Å². The fraction of sp³-hybridized carbons (Fsp3) is 0.800. The smallest absolute Gasteiger partial charge is 0.108 e. The first-order valence-electron chi connectivity index (χ1n) is 4.73. The molecule has 3 aliphatic carbocycles. The van der Waals surface area contributed by atoms with Gasteiger partial charge in [-0.15, -0.1) is 0 Å². The largest absolute Gasteiger partial charge is 0.362 e. The van der Waals surface area contributed by atoms with E-state index in [2.05, 4.69) is 12.2 Å². The van der Waals surface area contributed by atoms with Gasteiger partial charge in [0.15, 0.2) is 0 Å². The highest BCUT2D eigenvalue weighted by molar-refractivity contribution is 5.36. The van der Waals surface area contributed by atoms with E-state index in [-0.39, 0.29) is 0 Å². The third kappa shape index (κ3) is 0.347. The molecule has 11 heavy (non-hydrogen) atoms. The van der Waals surface area contributed by atoms with Crippen LogP contribution in [0.3, 0.4) is 0 Å². The van der Waals surface area contributed by atoms with Crippen molar-refractivity contribution in [1.82, 2.24) is 0 Å². The van der Waals surface area contributed by atoms with E-state index in [4.69, 9.17) is 4.74 Å². The molecule has 0 amide bonds. The first-order valence-corrected chi connectivity index (χ1v) is 4.73. The molecule has 0 aromatic carbocycles. The van der Waals surface area contributed by atoms with Gasteiger partial charge in [0.25, 0.3) is 0 Å². The molecule has 4 unspecified atom stereocenters. The average molecular weight is 148 g/mol. The number of epoxide rings is 1. The monoisotopic (exact) mass is 148 g/mol. The molecule has 0 aromatic heterocycles. The average Bonchev–Trinajstić information content (AvgIpc) is 2.36. The van der Waals surface area contributed by atoms with Gasteiger partial charge in [0, 0.05) is 5.92 Å². The van der Waals surface area contributed by atoms with Crippen molar-refractivity contribution in [2.45, 2.75) is 36.9 Å². The summed E-state index contributed by atoms with van der Waals surface area (Å²) < 4.78 is 5.98. The second kappa shape index (κ2) is 1.20. The van der Waals surface area contributed by atoms with Gasteiger partial charge in [0.2, 0.25) is 0 Å². The van der Waals surface area contributed by atoms with Crippen molar-refractivity contribution >= 4 is 0 Å². The molecule has 1 aliphatic heterocycles. The van der Waals surface area contributed by atoms with Crippen LogP contribution in [0, 0.1) is 11.8 Å². The number of hydrogen-bond donors (Lipinski definition) is 0. The first-order chi connectivity index (χ1) is 5.36. The van der Waals surface area contributed by atoms with Crippen LogP contribution in [-0.4, -0.2) is 11.2 Å². The van der Waals surface area contributed by atoms with Crippen LogP contribution < -0.4 is 0 Å². The van der Waals surface area contributed by atoms with Crippen LogP contribution in [0.4, 0.5) is 0 Å². The Bertz CT molecular complexity index is 270. The van der Waals surface area contributed by atoms with Gasteiger partial charge in [0.1, 0.15) is 5.60 Å². The molecule has 0 radical (unpaired) electrons. The molecule has 2 bridgehead atoms. The lowest BCUT2D eigenvalue weighted by atomic mass is 9.81. The minimum absolute atomic E-state index is 0.357. The van der Waals surface area contributed by atoms with Crippen molar-refractivity contribution < 1.29 is 4.74 Å². The van der Waals surface area contributed by atoms with Crippen LogP contribution in [0.25, 0.3) is 0 Å². The Morgan fingerprint density at radius 1 is 1.45 bits per heavy atom. The van der Waals surface area contributed by atoms with Crippen molar-refractivity contribution in [3.05, 3.63) is 12.2 Å². The third-order valence-electron chi connectivity index (χ3n) is 4.43. The van der Waals surface area contributed by atoms with Crippen LogP contribution in [-0.2, 0) is 4.74 Å². The van der Waals surface area contributed by atoms with E-state index in [9.17, 15) is 0 Å². The molecule has 4 aliphatic rings. The van der Waals surface area contributed by atoms with E-state index in [1.807, 2.05) is 0 Å². The van der Waals surface area contributed by atoms with Gasteiger partial charge < -0.3 is 4.74 Å². The summed E-state index contributed by atoms with van der Waals surface area (Å²) in [7, 11) is 0. The SMILES string of the molecule is C1=CC2C3CCC4(C3)OC24C1. The summed E-state index contributed by atoms with van der Waals surface area (Å²) in [5, 5.41) is 0. The molecule has 3 fully saturated rings. The molecular formula is C10H12O. The van der Waals surface area contributed by atoms with Gasteiger partial charge in [-0.05, 0) is 31.6 Å². The lowest BCUT2D eigenvalue weighted by Gasteiger charge is -2.19. The number of ether oxygens (including phenoxy) is 1. The normalized spacial score (nSPS) is 68.4. The molecule has 58 valence electrons. The highest BCUT2D eigenvalue weighted by Crippen LogP contribution is 2.75. The molecule has 1 nitrogen and oxygen atoms in total. The lowest BCUT2D eigenvalue weighted by molar-refractivity contribution is 0.184. The molecule has 1 heteroatoms. The van der Waals surface area contributed by atoms with E-state index >= 15 is 0 Å². The van der Waals surface area contributed by atoms with Crippen LogP contribution in [0.15, 0.2) is 12.2 Å². The fourth-order valence-corrected chi connectivity index (χ4v) is 3.97. The quantitative estimate of drug-likeness (QED) is 0.377. The Labute approximate surface area is 66.4 Å². The maximum absolute atomic E-state index is 5.98. The Balaban J connectivity index is 1.94. The van der Waals surface area contributed by atoms with Crippen LogP contribution >= 0.6 is 0 Å². The van der Waals surface area contributed by atoms with E-state index < -0.39 is 0 Å². The molecule has 4 rings (SSSR count). The summed E-state index contributed by atoms with van der Waals surface area (Å²) in [5.41, 5.74) is 0.752. The maximum Gasteiger partial charge on any atom is 0.108 e. The summed E-state index contributed by atoms with van der Waals surface area (Å²) in [6, 6.07) is 0. The first kappa shape index (κ1) is 5.36. The minimum atomic E-state index is 0.357. The van der Waals surface area contributed by atoms with Gasteiger partial charge in [-0.25, -0.2) is 0 Å². The van der Waals surface area contributed by atoms with E-state index in [1.54, 1.807) is 0 Å². The summed E-state index contributed by atoms with van der Waals surface area (Å²) in [4.78, 5) is 0. The van der Waals surface area contributed by atoms with E-state index in [0.717, 1.165) is 11.8 Å². The highest BCUT2D eigenvalue weighted by atomic mass is 16.6.